The van der Waals surface area contributed by atoms with E-state index >= 15 is 0 Å². The summed E-state index contributed by atoms with van der Waals surface area (Å²) in [6.07, 6.45) is 0.929. The number of carbonyl (C=O) groups excluding carboxylic acids is 1. The largest absolute Gasteiger partial charge is 0.469 e. The molecule has 1 rings (SSSR count). The molecule has 1 aromatic rings. The third kappa shape index (κ3) is 4.23. The van der Waals surface area contributed by atoms with Crippen molar-refractivity contribution in [1.82, 2.24) is 0 Å². The number of hydrogen-bond donors (Lipinski definition) is 0. The fraction of sp³-hybridized carbons (Fsp3) is 0.417. The van der Waals surface area contributed by atoms with Gasteiger partial charge < -0.3 is 9.64 Å². The molecule has 1 aromatic carbocycles. The molecule has 0 amide bonds. The van der Waals surface area contributed by atoms with Crippen LogP contribution in [-0.4, -0.2) is 26.7 Å². The second kappa shape index (κ2) is 6.45. The molecule has 0 aliphatic heterocycles. The van der Waals surface area contributed by atoms with Gasteiger partial charge in [-0.25, -0.2) is 4.39 Å². The van der Waals surface area contributed by atoms with E-state index in [4.69, 9.17) is 11.6 Å². The van der Waals surface area contributed by atoms with Gasteiger partial charge in [0.25, 0.3) is 0 Å². The summed E-state index contributed by atoms with van der Waals surface area (Å²) in [7, 11) is 3.11. The van der Waals surface area contributed by atoms with Crippen LogP contribution in [-0.2, 0) is 9.53 Å². The number of anilines is 1. The topological polar surface area (TPSA) is 29.5 Å². The SMILES string of the molecule is COC(=O)CCCN(C)c1cc(Cl)ccc1F. The van der Waals surface area contributed by atoms with Gasteiger partial charge in [-0.05, 0) is 24.6 Å². The van der Waals surface area contributed by atoms with Crippen LogP contribution in [0.15, 0.2) is 18.2 Å². The number of nitrogens with zero attached hydrogens (tertiary/aromatic N) is 1. The number of hydrogen-bond acceptors (Lipinski definition) is 3. The number of esters is 1. The van der Waals surface area contributed by atoms with Crippen LogP contribution >= 0.6 is 11.6 Å². The van der Waals surface area contributed by atoms with Crippen LogP contribution in [0.4, 0.5) is 10.1 Å². The van der Waals surface area contributed by atoms with Gasteiger partial charge in [-0.3, -0.25) is 4.79 Å². The Kier molecular flexibility index (Phi) is 5.22. The summed E-state index contributed by atoms with van der Waals surface area (Å²) in [5.74, 6) is -0.583. The van der Waals surface area contributed by atoms with Crippen molar-refractivity contribution in [3.8, 4) is 0 Å². The highest BCUT2D eigenvalue weighted by Gasteiger charge is 2.09. The van der Waals surface area contributed by atoms with E-state index < -0.39 is 0 Å². The van der Waals surface area contributed by atoms with Crippen LogP contribution in [0.3, 0.4) is 0 Å². The maximum absolute atomic E-state index is 13.5. The lowest BCUT2D eigenvalue weighted by Gasteiger charge is -2.19. The molecule has 0 heterocycles. The summed E-state index contributed by atoms with van der Waals surface area (Å²) < 4.78 is 18.0. The van der Waals surface area contributed by atoms with Gasteiger partial charge >= 0.3 is 5.97 Å². The zero-order chi connectivity index (χ0) is 12.8. The first-order valence-corrected chi connectivity index (χ1v) is 5.65. The molecule has 0 fully saturated rings. The van der Waals surface area contributed by atoms with Crippen LogP contribution in [0.25, 0.3) is 0 Å². The molecule has 0 radical (unpaired) electrons. The minimum absolute atomic E-state index is 0.259. The van der Waals surface area contributed by atoms with Gasteiger partial charge in [-0.15, -0.1) is 0 Å². The van der Waals surface area contributed by atoms with E-state index in [1.807, 2.05) is 0 Å². The monoisotopic (exact) mass is 259 g/mol. The van der Waals surface area contributed by atoms with Crippen molar-refractivity contribution in [2.24, 2.45) is 0 Å². The van der Waals surface area contributed by atoms with Gasteiger partial charge in [0.05, 0.1) is 12.8 Å². The summed E-state index contributed by atoms with van der Waals surface area (Å²) in [4.78, 5) is 12.6. The van der Waals surface area contributed by atoms with E-state index in [1.54, 1.807) is 18.0 Å². The predicted octanol–water partition coefficient (Wildman–Crippen LogP) is 2.87. The van der Waals surface area contributed by atoms with Crippen molar-refractivity contribution in [2.45, 2.75) is 12.8 Å². The average molecular weight is 260 g/mol. The van der Waals surface area contributed by atoms with Crippen molar-refractivity contribution in [3.05, 3.63) is 29.0 Å². The number of carbonyl (C=O) groups is 1. The molecule has 17 heavy (non-hydrogen) atoms. The maximum atomic E-state index is 13.5. The van der Waals surface area contributed by atoms with Crippen LogP contribution in [0.2, 0.25) is 5.02 Å². The first-order chi connectivity index (χ1) is 8.04. The summed E-state index contributed by atoms with van der Waals surface area (Å²) in [6.45, 7) is 0.562. The highest BCUT2D eigenvalue weighted by Crippen LogP contribution is 2.22. The molecule has 3 nitrogen and oxygen atoms in total. The molecular formula is C12H15ClFNO2. The summed E-state index contributed by atoms with van der Waals surface area (Å²) in [6, 6.07) is 4.40. The molecule has 0 unspecified atom stereocenters. The molecule has 0 aliphatic rings. The van der Waals surface area contributed by atoms with Crippen molar-refractivity contribution in [2.75, 3.05) is 25.6 Å². The molecule has 0 spiro atoms. The highest BCUT2D eigenvalue weighted by molar-refractivity contribution is 6.30. The van der Waals surface area contributed by atoms with E-state index in [0.717, 1.165) is 0 Å². The standard InChI is InChI=1S/C12H15ClFNO2/c1-15(7-3-4-12(16)17-2)11-8-9(13)5-6-10(11)14/h5-6,8H,3-4,7H2,1-2H3. The van der Waals surface area contributed by atoms with Gasteiger partial charge in [-0.1, -0.05) is 11.6 Å². The zero-order valence-corrected chi connectivity index (χ0v) is 10.6. The molecule has 0 aromatic heterocycles. The Balaban J connectivity index is 2.54. The van der Waals surface area contributed by atoms with E-state index in [1.165, 1.54) is 19.2 Å². The first kappa shape index (κ1) is 13.8. The van der Waals surface area contributed by atoms with Gasteiger partial charge in [0.2, 0.25) is 0 Å². The number of ether oxygens (including phenoxy) is 1. The highest BCUT2D eigenvalue weighted by atomic mass is 35.5. The Labute approximate surface area is 105 Å². The van der Waals surface area contributed by atoms with Crippen LogP contribution in [0.1, 0.15) is 12.8 Å². The lowest BCUT2D eigenvalue weighted by Crippen LogP contribution is -2.20. The number of halogens is 2. The van der Waals surface area contributed by atoms with Gasteiger partial charge in [0.1, 0.15) is 5.82 Å². The van der Waals surface area contributed by atoms with Crippen LogP contribution in [0.5, 0.6) is 0 Å². The molecule has 0 aliphatic carbocycles. The van der Waals surface area contributed by atoms with Crippen LogP contribution < -0.4 is 4.90 Å². The predicted molar refractivity (Wildman–Crippen MR) is 65.9 cm³/mol. The van der Waals surface area contributed by atoms with E-state index in [-0.39, 0.29) is 11.8 Å². The first-order valence-electron chi connectivity index (χ1n) is 5.27. The summed E-state index contributed by atoms with van der Waals surface area (Å²) >= 11 is 5.80. The Morgan fingerprint density at radius 1 is 1.53 bits per heavy atom. The lowest BCUT2D eigenvalue weighted by atomic mass is 10.2. The van der Waals surface area contributed by atoms with Crippen molar-refractivity contribution >= 4 is 23.3 Å². The summed E-state index contributed by atoms with van der Waals surface area (Å²) in [5, 5.41) is 0.487. The quantitative estimate of drug-likeness (QED) is 0.762. The molecule has 0 saturated carbocycles. The molecule has 94 valence electrons. The Hall–Kier alpha value is -1.29. The van der Waals surface area contributed by atoms with Crippen molar-refractivity contribution < 1.29 is 13.9 Å². The lowest BCUT2D eigenvalue weighted by molar-refractivity contribution is -0.140. The minimum atomic E-state index is -0.324. The van der Waals surface area contributed by atoms with Crippen molar-refractivity contribution in [3.63, 3.8) is 0 Å². The summed E-state index contributed by atoms with van der Waals surface area (Å²) in [5.41, 5.74) is 0.433. The third-order valence-corrected chi connectivity index (χ3v) is 2.66. The second-order valence-corrected chi connectivity index (χ2v) is 4.13. The van der Waals surface area contributed by atoms with E-state index in [2.05, 4.69) is 4.74 Å². The van der Waals surface area contributed by atoms with E-state index in [9.17, 15) is 9.18 Å². The molecule has 0 N–H and O–H groups in total. The zero-order valence-electron chi connectivity index (χ0n) is 9.87. The second-order valence-electron chi connectivity index (χ2n) is 3.70. The molecule has 0 bridgehead atoms. The fourth-order valence-electron chi connectivity index (χ4n) is 1.46. The third-order valence-electron chi connectivity index (χ3n) is 2.42. The fourth-order valence-corrected chi connectivity index (χ4v) is 1.63. The maximum Gasteiger partial charge on any atom is 0.305 e. The number of benzene rings is 1. The Morgan fingerprint density at radius 3 is 2.88 bits per heavy atom. The number of rotatable bonds is 5. The molecular weight excluding hydrogens is 245 g/mol. The molecule has 0 atom stereocenters. The molecule has 5 heteroatoms. The minimum Gasteiger partial charge on any atom is -0.469 e. The van der Waals surface area contributed by atoms with Crippen molar-refractivity contribution in [1.29, 1.82) is 0 Å². The smallest absolute Gasteiger partial charge is 0.305 e. The van der Waals surface area contributed by atoms with Gasteiger partial charge in [-0.2, -0.15) is 0 Å². The van der Waals surface area contributed by atoms with E-state index in [0.29, 0.717) is 30.1 Å². The molecule has 0 saturated heterocycles. The number of methoxy groups -OCH3 is 1. The van der Waals surface area contributed by atoms with Gasteiger partial charge in [0.15, 0.2) is 0 Å². The Morgan fingerprint density at radius 2 is 2.24 bits per heavy atom. The average Bonchev–Trinajstić information content (AvgIpc) is 2.31. The normalized spacial score (nSPS) is 10.1. The van der Waals surface area contributed by atoms with Gasteiger partial charge in [0, 0.05) is 25.0 Å². The Bertz CT molecular complexity index is 398. The van der Waals surface area contributed by atoms with Crippen LogP contribution in [0, 0.1) is 5.82 Å².